The summed E-state index contributed by atoms with van der Waals surface area (Å²) in [4.78, 5) is 3.76. The van der Waals surface area contributed by atoms with Crippen molar-refractivity contribution >= 4 is 27.6 Å². The molecule has 0 aliphatic heterocycles. The average Bonchev–Trinajstić information content (AvgIpc) is 3.22. The lowest BCUT2D eigenvalue weighted by Crippen LogP contribution is -2.36. The first-order valence-corrected chi connectivity index (χ1v) is 10.5. The van der Waals surface area contributed by atoms with Crippen LogP contribution >= 0.6 is 0 Å². The topological polar surface area (TPSA) is 21.4 Å². The van der Waals surface area contributed by atoms with E-state index < -0.39 is 6.85 Å². The van der Waals surface area contributed by atoms with E-state index in [0.29, 0.717) is 33.8 Å². The van der Waals surface area contributed by atoms with Gasteiger partial charge in [-0.05, 0) is 55.1 Å². The second-order valence-electron chi connectivity index (χ2n) is 8.20. The van der Waals surface area contributed by atoms with Crippen molar-refractivity contribution in [2.24, 2.45) is 7.05 Å². The van der Waals surface area contributed by atoms with Gasteiger partial charge in [-0.25, -0.2) is 4.85 Å². The van der Waals surface area contributed by atoms with Crippen LogP contribution in [0.3, 0.4) is 0 Å². The quantitative estimate of drug-likeness (QED) is 0.213. The second kappa shape index (κ2) is 7.35. The summed E-state index contributed by atoms with van der Waals surface area (Å²) in [5.74, 6) is 0. The molecule has 0 aliphatic rings. The fraction of sp³-hybridized carbons (Fsp3) is 0.172. The molecule has 156 valence electrons. The van der Waals surface area contributed by atoms with E-state index >= 15 is 0 Å². The lowest BCUT2D eigenvalue weighted by molar-refractivity contribution is -0.667. The zero-order valence-electron chi connectivity index (χ0n) is 22.5. The number of nitrogens with zero attached hydrogens (tertiary/aromatic N) is 2. The Bertz CT molecular complexity index is 1700. The lowest BCUT2D eigenvalue weighted by atomic mass is 9.97. The molecule has 0 fully saturated rings. The SMILES string of the molecule is [2H]c1c(C)c(C([2H])([2H])[2H])c(C)[n+](C)c1-c1c(C)ccc2c1oc1c([N+]#[C-])cc(-c3ccccc3)cc12. The lowest BCUT2D eigenvalue weighted by Gasteiger charge is -2.10. The molecule has 0 N–H and O–H groups in total. The smallest absolute Gasteiger partial charge is 0.230 e. The third-order valence-corrected chi connectivity index (χ3v) is 6.28. The highest BCUT2D eigenvalue weighted by molar-refractivity contribution is 6.14. The van der Waals surface area contributed by atoms with Gasteiger partial charge in [-0.1, -0.05) is 42.5 Å². The number of fused-ring (bicyclic) bond motifs is 3. The summed E-state index contributed by atoms with van der Waals surface area (Å²) in [6, 6.07) is 17.9. The van der Waals surface area contributed by atoms with Crippen LogP contribution in [0.4, 0.5) is 5.69 Å². The molecule has 0 aliphatic carbocycles. The van der Waals surface area contributed by atoms with Crippen LogP contribution in [0.5, 0.6) is 0 Å². The van der Waals surface area contributed by atoms with Crippen molar-refractivity contribution in [3.05, 3.63) is 94.4 Å². The summed E-state index contributed by atoms with van der Waals surface area (Å²) in [7, 11) is 1.79. The minimum atomic E-state index is -2.32. The van der Waals surface area contributed by atoms with Crippen molar-refractivity contribution in [2.75, 3.05) is 0 Å². The molecule has 0 spiro atoms. The molecule has 0 atom stereocenters. The molecule has 3 nitrogen and oxygen atoms in total. The van der Waals surface area contributed by atoms with E-state index in [2.05, 4.69) is 4.85 Å². The zero-order chi connectivity index (χ0) is 25.9. The first-order chi connectivity index (χ1) is 17.0. The fourth-order valence-electron chi connectivity index (χ4n) is 4.36. The van der Waals surface area contributed by atoms with Crippen LogP contribution in [0.25, 0.3) is 49.2 Å². The average molecular weight is 422 g/mol. The maximum atomic E-state index is 8.96. The third-order valence-electron chi connectivity index (χ3n) is 6.28. The van der Waals surface area contributed by atoms with E-state index in [1.54, 1.807) is 25.5 Å². The van der Waals surface area contributed by atoms with Gasteiger partial charge in [0.1, 0.15) is 18.2 Å². The summed E-state index contributed by atoms with van der Waals surface area (Å²) in [6.45, 7) is 10.9. The first kappa shape index (κ1) is 15.8. The van der Waals surface area contributed by atoms with Gasteiger partial charge >= 0.3 is 0 Å². The molecule has 0 radical (unpaired) electrons. The fourth-order valence-corrected chi connectivity index (χ4v) is 4.36. The Morgan fingerprint density at radius 3 is 2.44 bits per heavy atom. The van der Waals surface area contributed by atoms with Gasteiger partial charge in [0.15, 0.2) is 5.69 Å². The molecule has 0 amide bonds. The van der Waals surface area contributed by atoms with Crippen LogP contribution in [0.2, 0.25) is 0 Å². The normalized spacial score (nSPS) is 13.5. The number of hydrogen-bond donors (Lipinski definition) is 0. The number of hydrogen-bond acceptors (Lipinski definition) is 1. The molecule has 0 saturated carbocycles. The van der Waals surface area contributed by atoms with Gasteiger partial charge in [0, 0.05) is 33.4 Å². The molecule has 3 aromatic carbocycles. The van der Waals surface area contributed by atoms with Crippen LogP contribution in [0.1, 0.15) is 27.9 Å². The minimum Gasteiger partial charge on any atom is -0.466 e. The third kappa shape index (κ3) is 2.92. The molecule has 5 aromatic rings. The molecule has 5 rings (SSSR count). The predicted molar refractivity (Wildman–Crippen MR) is 131 cm³/mol. The van der Waals surface area contributed by atoms with Gasteiger partial charge in [-0.2, -0.15) is 4.57 Å². The number of aromatic nitrogens is 1. The number of aryl methyl sites for hydroxylation is 1. The molecule has 2 heterocycles. The highest BCUT2D eigenvalue weighted by atomic mass is 16.3. The molecular weight excluding hydrogens is 392 g/mol. The van der Waals surface area contributed by atoms with E-state index in [-0.39, 0.29) is 11.6 Å². The van der Waals surface area contributed by atoms with Crippen molar-refractivity contribution in [2.45, 2.75) is 27.6 Å². The second-order valence-corrected chi connectivity index (χ2v) is 8.20. The highest BCUT2D eigenvalue weighted by Gasteiger charge is 2.24. The summed E-state index contributed by atoms with van der Waals surface area (Å²) >= 11 is 0. The van der Waals surface area contributed by atoms with Gasteiger partial charge in [0.2, 0.25) is 11.4 Å². The Hall–Kier alpha value is -3.90. The Morgan fingerprint density at radius 2 is 1.72 bits per heavy atom. The standard InChI is InChI=1S/C29H25N2O/c1-17-12-13-23-24-15-22(21-10-8-7-9-11-21)16-25(30-5)28(24)32-29(23)27(17)26-14-18(2)19(3)20(4)31(26)6/h7-16H,1-4,6H3/q+1/i3D3,14D. The molecule has 32 heavy (non-hydrogen) atoms. The van der Waals surface area contributed by atoms with Crippen LogP contribution in [0, 0.1) is 34.2 Å². The zero-order valence-corrected chi connectivity index (χ0v) is 18.5. The molecule has 0 saturated heterocycles. The van der Waals surface area contributed by atoms with Crippen molar-refractivity contribution in [1.82, 2.24) is 0 Å². The van der Waals surface area contributed by atoms with Crippen LogP contribution in [0.15, 0.2) is 65.1 Å². The van der Waals surface area contributed by atoms with Crippen molar-refractivity contribution in [3.8, 4) is 22.4 Å². The summed E-state index contributed by atoms with van der Waals surface area (Å²) in [5, 5.41) is 1.68. The molecular formula is C29H25N2O+. The van der Waals surface area contributed by atoms with Gasteiger partial charge in [-0.15, -0.1) is 0 Å². The van der Waals surface area contributed by atoms with Crippen LogP contribution < -0.4 is 4.57 Å². The predicted octanol–water partition coefficient (Wildman–Crippen LogP) is 7.53. The number of pyridine rings is 1. The van der Waals surface area contributed by atoms with E-state index in [1.807, 2.05) is 61.5 Å². The van der Waals surface area contributed by atoms with Gasteiger partial charge in [0.25, 0.3) is 0 Å². The van der Waals surface area contributed by atoms with Crippen molar-refractivity contribution in [3.63, 3.8) is 0 Å². The molecule has 0 bridgehead atoms. The van der Waals surface area contributed by atoms with E-state index in [0.717, 1.165) is 33.0 Å². The molecule has 3 heteroatoms. The van der Waals surface area contributed by atoms with Gasteiger partial charge < -0.3 is 4.42 Å². The van der Waals surface area contributed by atoms with E-state index in [9.17, 15) is 0 Å². The first-order valence-electron chi connectivity index (χ1n) is 12.5. The molecule has 0 unspecified atom stereocenters. The van der Waals surface area contributed by atoms with E-state index in [1.165, 1.54) is 0 Å². The Morgan fingerprint density at radius 1 is 0.938 bits per heavy atom. The number of benzene rings is 3. The Kier molecular flexibility index (Phi) is 3.64. The Labute approximate surface area is 194 Å². The van der Waals surface area contributed by atoms with Crippen molar-refractivity contribution < 1.29 is 14.5 Å². The van der Waals surface area contributed by atoms with Gasteiger partial charge in [-0.3, -0.25) is 0 Å². The number of furan rings is 1. The van der Waals surface area contributed by atoms with Crippen LogP contribution in [-0.4, -0.2) is 0 Å². The molecule has 2 aromatic heterocycles. The van der Waals surface area contributed by atoms with Crippen LogP contribution in [-0.2, 0) is 7.05 Å². The Balaban J connectivity index is 1.89. The summed E-state index contributed by atoms with van der Waals surface area (Å²) in [6.07, 6.45) is 0. The number of rotatable bonds is 2. The minimum absolute atomic E-state index is 0.153. The summed E-state index contributed by atoms with van der Waals surface area (Å²) < 4.78 is 41.1. The monoisotopic (exact) mass is 421 g/mol. The highest BCUT2D eigenvalue weighted by Crippen LogP contribution is 2.42. The van der Waals surface area contributed by atoms with Crippen molar-refractivity contribution in [1.29, 1.82) is 0 Å². The maximum Gasteiger partial charge on any atom is 0.230 e. The van der Waals surface area contributed by atoms with Gasteiger partial charge in [0.05, 0.1) is 13.5 Å². The summed E-state index contributed by atoms with van der Waals surface area (Å²) in [5.41, 5.74) is 6.90. The largest absolute Gasteiger partial charge is 0.466 e. The maximum absolute atomic E-state index is 8.96. The van der Waals surface area contributed by atoms with E-state index in [4.69, 9.17) is 16.5 Å².